The lowest BCUT2D eigenvalue weighted by Gasteiger charge is -2.31. The monoisotopic (exact) mass is 305 g/mol. The molecule has 0 aliphatic carbocycles. The Morgan fingerprint density at radius 2 is 1.90 bits per heavy atom. The van der Waals surface area contributed by atoms with Crippen molar-refractivity contribution in [1.29, 1.82) is 5.26 Å². The maximum atomic E-state index is 13.4. The lowest BCUT2D eigenvalue weighted by molar-refractivity contribution is -0.186. The summed E-state index contributed by atoms with van der Waals surface area (Å²) in [6.07, 6.45) is -6.64. The summed E-state index contributed by atoms with van der Waals surface area (Å²) in [6.45, 7) is 5.50. The second kappa shape index (κ2) is 4.95. The average Bonchev–Trinajstić information content (AvgIpc) is 2.47. The van der Waals surface area contributed by atoms with Gasteiger partial charge in [0.15, 0.2) is 0 Å². The van der Waals surface area contributed by atoms with Crippen molar-refractivity contribution in [2.75, 3.05) is 0 Å². The first-order chi connectivity index (χ1) is 9.35. The number of hydrogen-bond acceptors (Lipinski definition) is 4. The quantitative estimate of drug-likeness (QED) is 0.772. The number of allylic oxidation sites excluding steroid dienone is 1. The summed E-state index contributed by atoms with van der Waals surface area (Å²) in [7, 11) is 0. The molecule has 0 aromatic carbocycles. The van der Waals surface area contributed by atoms with Crippen LogP contribution in [0, 0.1) is 11.3 Å². The Labute approximate surface area is 118 Å². The molecular formula is C12H14F3N3O3. The van der Waals surface area contributed by atoms with Gasteiger partial charge in [-0.3, -0.25) is 10.1 Å². The van der Waals surface area contributed by atoms with E-state index >= 15 is 0 Å². The van der Waals surface area contributed by atoms with Crippen LogP contribution < -0.4 is 10.6 Å². The van der Waals surface area contributed by atoms with Crippen LogP contribution in [0.1, 0.15) is 27.7 Å². The van der Waals surface area contributed by atoms with Gasteiger partial charge in [0.05, 0.1) is 11.6 Å². The normalized spacial score (nSPS) is 22.7. The molecular weight excluding hydrogens is 291 g/mol. The van der Waals surface area contributed by atoms with E-state index in [0.717, 1.165) is 6.92 Å². The van der Waals surface area contributed by atoms with Crippen molar-refractivity contribution in [3.63, 3.8) is 0 Å². The number of carbonyl (C=O) groups is 2. The molecule has 1 heterocycles. The van der Waals surface area contributed by atoms with Crippen molar-refractivity contribution in [2.24, 2.45) is 0 Å². The van der Waals surface area contributed by atoms with Gasteiger partial charge in [0.2, 0.25) is 0 Å². The number of carbonyl (C=O) groups excluding carboxylic acids is 2. The molecule has 0 fully saturated rings. The molecule has 0 spiro atoms. The third-order valence-corrected chi connectivity index (χ3v) is 2.62. The number of alkyl carbamates (subject to hydrolysis) is 1. The molecule has 1 aliphatic rings. The van der Waals surface area contributed by atoms with Gasteiger partial charge in [-0.15, -0.1) is 0 Å². The first-order valence-corrected chi connectivity index (χ1v) is 5.86. The summed E-state index contributed by atoms with van der Waals surface area (Å²) in [5.74, 6) is -1.55. The average molecular weight is 305 g/mol. The van der Waals surface area contributed by atoms with Crippen molar-refractivity contribution >= 4 is 12.0 Å². The summed E-state index contributed by atoms with van der Waals surface area (Å²) in [5, 5.41) is 12.3. The Morgan fingerprint density at radius 1 is 1.38 bits per heavy atom. The molecule has 6 nitrogen and oxygen atoms in total. The van der Waals surface area contributed by atoms with Gasteiger partial charge in [-0.2, -0.15) is 18.4 Å². The van der Waals surface area contributed by atoms with E-state index in [0.29, 0.717) is 0 Å². The van der Waals surface area contributed by atoms with Crippen molar-refractivity contribution in [2.45, 2.75) is 45.0 Å². The molecule has 0 bridgehead atoms. The van der Waals surface area contributed by atoms with Crippen molar-refractivity contribution < 1.29 is 27.5 Å². The number of nitrogens with zero attached hydrogens (tertiary/aromatic N) is 1. The summed E-state index contributed by atoms with van der Waals surface area (Å²) in [5.41, 5.74) is -5.67. The van der Waals surface area contributed by atoms with Crippen LogP contribution in [-0.4, -0.2) is 29.3 Å². The summed E-state index contributed by atoms with van der Waals surface area (Å²) in [4.78, 5) is 23.4. The number of nitrogens with one attached hydrogen (secondary N) is 2. The Bertz CT molecular complexity index is 555. The molecule has 1 atom stereocenters. The van der Waals surface area contributed by atoms with Crippen LogP contribution in [0.5, 0.6) is 0 Å². The molecule has 9 heteroatoms. The number of nitriles is 1. The number of ether oxygens (including phenoxy) is 1. The molecule has 0 aromatic heterocycles. The summed E-state index contributed by atoms with van der Waals surface area (Å²) >= 11 is 0. The van der Waals surface area contributed by atoms with Gasteiger partial charge in [-0.25, -0.2) is 4.79 Å². The molecule has 2 amide bonds. The zero-order chi connectivity index (χ0) is 16.6. The summed E-state index contributed by atoms with van der Waals surface area (Å²) < 4.78 is 44.8. The van der Waals surface area contributed by atoms with Gasteiger partial charge in [0, 0.05) is 5.70 Å². The fraction of sp³-hybridized carbons (Fsp3) is 0.583. The smallest absolute Gasteiger partial charge is 0.425 e. The molecule has 1 rings (SSSR count). The predicted molar refractivity (Wildman–Crippen MR) is 64.6 cm³/mol. The lowest BCUT2D eigenvalue weighted by Crippen LogP contribution is -2.65. The Hall–Kier alpha value is -2.24. The minimum absolute atomic E-state index is 0.268. The molecule has 1 aliphatic heterocycles. The largest absolute Gasteiger partial charge is 0.444 e. The fourth-order valence-electron chi connectivity index (χ4n) is 1.81. The molecule has 1 unspecified atom stereocenters. The van der Waals surface area contributed by atoms with Crippen LogP contribution in [-0.2, 0) is 9.53 Å². The minimum atomic E-state index is -5.20. The third kappa shape index (κ3) is 2.94. The molecule has 0 aromatic rings. The molecule has 0 saturated heterocycles. The highest BCUT2D eigenvalue weighted by Crippen LogP contribution is 2.40. The second-order valence-electron chi connectivity index (χ2n) is 5.44. The number of rotatable bonds is 1. The second-order valence-corrected chi connectivity index (χ2v) is 5.44. The van der Waals surface area contributed by atoms with E-state index in [-0.39, 0.29) is 5.70 Å². The van der Waals surface area contributed by atoms with Crippen LogP contribution in [0.15, 0.2) is 11.3 Å². The van der Waals surface area contributed by atoms with E-state index < -0.39 is 34.9 Å². The van der Waals surface area contributed by atoms with Crippen LogP contribution in [0.3, 0.4) is 0 Å². The van der Waals surface area contributed by atoms with Gasteiger partial charge in [0.1, 0.15) is 5.60 Å². The number of hydrogen-bond donors (Lipinski definition) is 2. The van der Waals surface area contributed by atoms with Crippen LogP contribution >= 0.6 is 0 Å². The van der Waals surface area contributed by atoms with Gasteiger partial charge < -0.3 is 10.1 Å². The molecule has 21 heavy (non-hydrogen) atoms. The van der Waals surface area contributed by atoms with E-state index in [1.54, 1.807) is 0 Å². The highest BCUT2D eigenvalue weighted by molar-refractivity contribution is 6.00. The fourth-order valence-corrected chi connectivity index (χ4v) is 1.81. The molecule has 116 valence electrons. The number of alkyl halides is 3. The standard InChI is InChI=1S/C12H14F3N3O3/c1-6-7(5-16)11(8(19)17-6,12(13,14)15)18-9(20)21-10(2,3)4/h1-4H3,(H,17,19)(H,18,20). The van der Waals surface area contributed by atoms with E-state index in [9.17, 15) is 22.8 Å². The lowest BCUT2D eigenvalue weighted by atomic mass is 9.90. The molecule has 0 radical (unpaired) electrons. The van der Waals surface area contributed by atoms with Gasteiger partial charge >= 0.3 is 12.3 Å². The molecule has 2 N–H and O–H groups in total. The Balaban J connectivity index is 3.29. The van der Waals surface area contributed by atoms with Crippen molar-refractivity contribution in [1.82, 2.24) is 10.6 Å². The zero-order valence-electron chi connectivity index (χ0n) is 11.8. The minimum Gasteiger partial charge on any atom is -0.444 e. The first kappa shape index (κ1) is 16.8. The topological polar surface area (TPSA) is 91.2 Å². The number of amides is 2. The van der Waals surface area contributed by atoms with Crippen LogP contribution in [0.25, 0.3) is 0 Å². The van der Waals surface area contributed by atoms with Crippen LogP contribution in [0.2, 0.25) is 0 Å². The zero-order valence-corrected chi connectivity index (χ0v) is 11.8. The van der Waals surface area contributed by atoms with E-state index in [4.69, 9.17) is 10.00 Å². The van der Waals surface area contributed by atoms with E-state index in [2.05, 4.69) is 0 Å². The first-order valence-electron chi connectivity index (χ1n) is 5.86. The predicted octanol–water partition coefficient (Wildman–Crippen LogP) is 1.74. The van der Waals surface area contributed by atoms with Gasteiger partial charge in [0.25, 0.3) is 11.4 Å². The van der Waals surface area contributed by atoms with Crippen LogP contribution in [0.4, 0.5) is 18.0 Å². The van der Waals surface area contributed by atoms with Gasteiger partial charge in [-0.05, 0) is 27.7 Å². The maximum Gasteiger partial charge on any atom is 0.425 e. The van der Waals surface area contributed by atoms with E-state index in [1.807, 2.05) is 5.32 Å². The highest BCUT2D eigenvalue weighted by Gasteiger charge is 2.67. The van der Waals surface area contributed by atoms with E-state index in [1.165, 1.54) is 32.2 Å². The van der Waals surface area contributed by atoms with Crippen molar-refractivity contribution in [3.8, 4) is 6.07 Å². The SMILES string of the molecule is CC1=C(C#N)C(NC(=O)OC(C)(C)C)(C(F)(F)F)C(=O)N1. The Kier molecular flexibility index (Phi) is 3.96. The highest BCUT2D eigenvalue weighted by atomic mass is 19.4. The maximum absolute atomic E-state index is 13.4. The third-order valence-electron chi connectivity index (χ3n) is 2.62. The van der Waals surface area contributed by atoms with Crippen molar-refractivity contribution in [3.05, 3.63) is 11.3 Å². The molecule has 0 saturated carbocycles. The summed E-state index contributed by atoms with van der Waals surface area (Å²) in [6, 6.07) is 1.32. The number of halogens is 3. The Morgan fingerprint density at radius 3 is 2.29 bits per heavy atom. The van der Waals surface area contributed by atoms with Gasteiger partial charge in [-0.1, -0.05) is 0 Å².